The Morgan fingerprint density at radius 2 is 2.16 bits per heavy atom. The minimum Gasteiger partial charge on any atom is -0.476 e. The lowest BCUT2D eigenvalue weighted by atomic mass is 10.2. The molecule has 19 heavy (non-hydrogen) atoms. The summed E-state index contributed by atoms with van der Waals surface area (Å²) in [6.07, 6.45) is -0.696. The Kier molecular flexibility index (Phi) is 4.84. The zero-order chi connectivity index (χ0) is 14.6. The van der Waals surface area contributed by atoms with Crippen molar-refractivity contribution in [3.63, 3.8) is 0 Å². The molecule has 0 spiro atoms. The molecule has 1 aromatic rings. The van der Waals surface area contributed by atoms with E-state index in [1.165, 1.54) is 5.38 Å². The highest BCUT2D eigenvalue weighted by molar-refractivity contribution is 7.09. The van der Waals surface area contributed by atoms with Gasteiger partial charge in [-0.3, -0.25) is 0 Å². The van der Waals surface area contributed by atoms with Crippen molar-refractivity contribution in [2.24, 2.45) is 0 Å². The molecule has 1 aromatic heterocycles. The third kappa shape index (κ3) is 4.84. The summed E-state index contributed by atoms with van der Waals surface area (Å²) in [5, 5.41) is 22.1. The largest absolute Gasteiger partial charge is 0.476 e. The van der Waals surface area contributed by atoms with Gasteiger partial charge in [-0.05, 0) is 20.8 Å². The summed E-state index contributed by atoms with van der Waals surface area (Å²) in [5.41, 5.74) is -0.774. The quantitative estimate of drug-likeness (QED) is 0.772. The molecule has 1 amide bonds. The maximum Gasteiger partial charge on any atom is 0.408 e. The molecule has 3 N–H and O–H groups in total. The van der Waals surface area contributed by atoms with E-state index < -0.39 is 30.3 Å². The van der Waals surface area contributed by atoms with E-state index >= 15 is 0 Å². The van der Waals surface area contributed by atoms with Gasteiger partial charge in [0.1, 0.15) is 16.7 Å². The predicted octanol–water partition coefficient (Wildman–Crippen LogP) is 1.40. The van der Waals surface area contributed by atoms with Gasteiger partial charge in [0.25, 0.3) is 0 Å². The van der Waals surface area contributed by atoms with Crippen LogP contribution in [0.25, 0.3) is 0 Å². The number of carboxylic acid groups (broad SMARTS) is 1. The van der Waals surface area contributed by atoms with E-state index in [1.807, 2.05) is 0 Å². The van der Waals surface area contributed by atoms with Crippen LogP contribution >= 0.6 is 11.3 Å². The molecule has 106 valence electrons. The average molecular weight is 288 g/mol. The van der Waals surface area contributed by atoms with Gasteiger partial charge in [0, 0.05) is 5.38 Å². The Morgan fingerprint density at radius 3 is 2.58 bits per heavy atom. The molecule has 0 bridgehead atoms. The second-order valence-corrected chi connectivity index (χ2v) is 5.65. The van der Waals surface area contributed by atoms with Crippen molar-refractivity contribution >= 4 is 23.4 Å². The van der Waals surface area contributed by atoms with E-state index in [1.54, 1.807) is 20.8 Å². The molecule has 1 rings (SSSR count). The Labute approximate surface area is 114 Å². The highest BCUT2D eigenvalue weighted by Gasteiger charge is 2.22. The number of aromatic carboxylic acids is 1. The standard InChI is InChI=1S/C11H16N2O5S/c1-11(2,3)18-10(17)13-6(4-14)8-12-7(5-19-8)9(15)16/h5-6,14H,4H2,1-3H3,(H,13,17)(H,15,16)/t6-/m1/s1. The van der Waals surface area contributed by atoms with Gasteiger partial charge in [-0.25, -0.2) is 14.6 Å². The van der Waals surface area contributed by atoms with Crippen molar-refractivity contribution in [2.75, 3.05) is 6.61 Å². The van der Waals surface area contributed by atoms with Crippen LogP contribution < -0.4 is 5.32 Å². The van der Waals surface area contributed by atoms with Gasteiger partial charge in [0.05, 0.1) is 6.61 Å². The first kappa shape index (κ1) is 15.4. The van der Waals surface area contributed by atoms with Crippen LogP contribution in [0.5, 0.6) is 0 Å². The van der Waals surface area contributed by atoms with E-state index in [9.17, 15) is 14.7 Å². The van der Waals surface area contributed by atoms with Gasteiger partial charge >= 0.3 is 12.1 Å². The molecule has 0 saturated carbocycles. The molecule has 0 saturated heterocycles. The van der Waals surface area contributed by atoms with Crippen molar-refractivity contribution in [3.05, 3.63) is 16.1 Å². The molecule has 7 nitrogen and oxygen atoms in total. The summed E-state index contributed by atoms with van der Waals surface area (Å²) in [6, 6.07) is -0.784. The van der Waals surface area contributed by atoms with Gasteiger partial charge in [0.2, 0.25) is 0 Å². The number of aliphatic hydroxyl groups is 1. The van der Waals surface area contributed by atoms with Crippen LogP contribution in [-0.2, 0) is 4.74 Å². The normalized spacial score (nSPS) is 12.8. The molecule has 1 heterocycles. The topological polar surface area (TPSA) is 109 Å². The number of thiazole rings is 1. The number of aromatic nitrogens is 1. The lowest BCUT2D eigenvalue weighted by molar-refractivity contribution is 0.0481. The van der Waals surface area contributed by atoms with Crippen LogP contribution in [0.15, 0.2) is 5.38 Å². The van der Waals surface area contributed by atoms with Gasteiger partial charge in [0.15, 0.2) is 5.69 Å². The molecule has 0 radical (unpaired) electrons. The molecular formula is C11H16N2O5S. The van der Waals surface area contributed by atoms with Gasteiger partial charge in [-0.2, -0.15) is 0 Å². The highest BCUT2D eigenvalue weighted by Crippen LogP contribution is 2.19. The fourth-order valence-corrected chi connectivity index (χ4v) is 2.02. The van der Waals surface area contributed by atoms with E-state index in [0.29, 0.717) is 5.01 Å². The van der Waals surface area contributed by atoms with Crippen LogP contribution in [0.2, 0.25) is 0 Å². The van der Waals surface area contributed by atoms with Gasteiger partial charge in [-0.1, -0.05) is 0 Å². The second kappa shape index (κ2) is 5.98. The molecule has 0 aliphatic rings. The maximum atomic E-state index is 11.6. The fourth-order valence-electron chi connectivity index (χ4n) is 1.18. The van der Waals surface area contributed by atoms with Crippen molar-refractivity contribution in [1.82, 2.24) is 10.3 Å². The summed E-state index contributed by atoms with van der Waals surface area (Å²) in [6.45, 7) is 4.75. The Hall–Kier alpha value is -1.67. The monoisotopic (exact) mass is 288 g/mol. The number of nitrogens with zero attached hydrogens (tertiary/aromatic N) is 1. The van der Waals surface area contributed by atoms with Crippen LogP contribution in [0, 0.1) is 0 Å². The number of hydrogen-bond acceptors (Lipinski definition) is 6. The molecule has 0 fully saturated rings. The number of aliphatic hydroxyl groups excluding tert-OH is 1. The first-order chi connectivity index (χ1) is 8.73. The summed E-state index contributed by atoms with van der Waals surface area (Å²) in [5.74, 6) is -1.16. The minimum atomic E-state index is -1.16. The number of hydrogen-bond donors (Lipinski definition) is 3. The summed E-state index contributed by atoms with van der Waals surface area (Å²) < 4.78 is 5.05. The number of nitrogens with one attached hydrogen (secondary N) is 1. The molecular weight excluding hydrogens is 272 g/mol. The van der Waals surface area contributed by atoms with Crippen LogP contribution in [0.4, 0.5) is 4.79 Å². The molecule has 8 heteroatoms. The number of carbonyl (C=O) groups excluding carboxylic acids is 1. The summed E-state index contributed by atoms with van der Waals surface area (Å²) >= 11 is 1.05. The lowest BCUT2D eigenvalue weighted by Gasteiger charge is -2.21. The molecule has 0 aromatic carbocycles. The number of carbonyl (C=O) groups is 2. The predicted molar refractivity (Wildman–Crippen MR) is 68.3 cm³/mol. The van der Waals surface area contributed by atoms with E-state index in [0.717, 1.165) is 11.3 Å². The van der Waals surface area contributed by atoms with Crippen molar-refractivity contribution in [3.8, 4) is 0 Å². The van der Waals surface area contributed by atoms with Crippen LogP contribution in [0.1, 0.15) is 42.3 Å². The molecule has 1 atom stereocenters. The van der Waals surface area contributed by atoms with Crippen molar-refractivity contribution in [1.29, 1.82) is 0 Å². The second-order valence-electron chi connectivity index (χ2n) is 4.76. The fraction of sp³-hybridized carbons (Fsp3) is 0.545. The maximum absolute atomic E-state index is 11.6. The number of ether oxygens (including phenoxy) is 1. The SMILES string of the molecule is CC(C)(C)OC(=O)N[C@H](CO)c1nc(C(=O)O)cs1. The van der Waals surface area contributed by atoms with Gasteiger partial charge < -0.3 is 20.3 Å². The Balaban J connectivity index is 2.72. The molecule has 0 aliphatic carbocycles. The Bertz CT molecular complexity index is 466. The third-order valence-corrected chi connectivity index (χ3v) is 2.87. The summed E-state index contributed by atoms with van der Waals surface area (Å²) in [7, 11) is 0. The highest BCUT2D eigenvalue weighted by atomic mass is 32.1. The number of amides is 1. The lowest BCUT2D eigenvalue weighted by Crippen LogP contribution is -2.36. The Morgan fingerprint density at radius 1 is 1.53 bits per heavy atom. The zero-order valence-corrected chi connectivity index (χ0v) is 11.7. The first-order valence-electron chi connectivity index (χ1n) is 5.52. The van der Waals surface area contributed by atoms with Crippen LogP contribution in [-0.4, -0.2) is 39.5 Å². The average Bonchev–Trinajstić information content (AvgIpc) is 2.72. The third-order valence-electron chi connectivity index (χ3n) is 1.91. The van der Waals surface area contributed by atoms with Gasteiger partial charge in [-0.15, -0.1) is 11.3 Å². The minimum absolute atomic E-state index is 0.121. The van der Waals surface area contributed by atoms with Crippen molar-refractivity contribution < 1.29 is 24.5 Å². The molecule has 0 aliphatic heterocycles. The number of alkyl carbamates (subject to hydrolysis) is 1. The first-order valence-corrected chi connectivity index (χ1v) is 6.40. The van der Waals surface area contributed by atoms with E-state index in [-0.39, 0.29) is 5.69 Å². The number of carboxylic acids is 1. The zero-order valence-electron chi connectivity index (χ0n) is 10.8. The number of rotatable bonds is 4. The summed E-state index contributed by atoms with van der Waals surface area (Å²) in [4.78, 5) is 26.1. The smallest absolute Gasteiger partial charge is 0.408 e. The van der Waals surface area contributed by atoms with Crippen LogP contribution in [0.3, 0.4) is 0 Å². The van der Waals surface area contributed by atoms with E-state index in [4.69, 9.17) is 9.84 Å². The van der Waals surface area contributed by atoms with E-state index in [2.05, 4.69) is 10.3 Å². The van der Waals surface area contributed by atoms with Crippen molar-refractivity contribution in [2.45, 2.75) is 32.4 Å². The molecule has 0 unspecified atom stereocenters.